The monoisotopic (exact) mass is 617 g/mol. The van der Waals surface area contributed by atoms with Crippen LogP contribution >= 0.6 is 23.2 Å². The molecule has 2 aromatic heterocycles. The van der Waals surface area contributed by atoms with Crippen LogP contribution in [0.1, 0.15) is 25.7 Å². The van der Waals surface area contributed by atoms with Gasteiger partial charge in [0.1, 0.15) is 17.1 Å². The van der Waals surface area contributed by atoms with E-state index < -0.39 is 0 Å². The van der Waals surface area contributed by atoms with Crippen LogP contribution in [0.5, 0.6) is 11.5 Å². The summed E-state index contributed by atoms with van der Waals surface area (Å²) in [5.74, 6) is 0.859. The van der Waals surface area contributed by atoms with Crippen LogP contribution in [0, 0.1) is 0 Å². The minimum absolute atomic E-state index is 0.121. The minimum atomic E-state index is -0.382. The Morgan fingerprint density at radius 3 is 2.43 bits per heavy atom. The molecular formula is C29H33Cl2N5O6. The van der Waals surface area contributed by atoms with Gasteiger partial charge in [-0.25, -0.2) is 4.98 Å². The van der Waals surface area contributed by atoms with Gasteiger partial charge >= 0.3 is 0 Å². The Hall–Kier alpha value is -3.38. The summed E-state index contributed by atoms with van der Waals surface area (Å²) < 4.78 is 18.3. The lowest BCUT2D eigenvalue weighted by Crippen LogP contribution is -2.54. The van der Waals surface area contributed by atoms with Crippen LogP contribution < -0.4 is 20.3 Å². The van der Waals surface area contributed by atoms with Gasteiger partial charge in [-0.3, -0.25) is 14.2 Å². The lowest BCUT2D eigenvalue weighted by Gasteiger charge is -2.38. The van der Waals surface area contributed by atoms with Crippen molar-refractivity contribution < 1.29 is 24.1 Å². The molecule has 1 amide bonds. The van der Waals surface area contributed by atoms with Crippen molar-refractivity contribution in [1.82, 2.24) is 19.4 Å². The summed E-state index contributed by atoms with van der Waals surface area (Å²) >= 11 is 13.4. The van der Waals surface area contributed by atoms with E-state index in [0.29, 0.717) is 54.4 Å². The third-order valence-electron chi connectivity index (χ3n) is 7.70. The number of pyridine rings is 1. The highest BCUT2D eigenvalue weighted by Crippen LogP contribution is 2.45. The van der Waals surface area contributed by atoms with Crippen molar-refractivity contribution in [3.05, 3.63) is 51.4 Å². The Bertz CT molecular complexity index is 1520. The number of benzene rings is 1. The van der Waals surface area contributed by atoms with Crippen LogP contribution in [0.3, 0.4) is 0 Å². The average Bonchev–Trinajstić information content (AvgIpc) is 2.96. The zero-order chi connectivity index (χ0) is 30.0. The van der Waals surface area contributed by atoms with Crippen LogP contribution in [0.2, 0.25) is 10.0 Å². The number of ether oxygens (including phenoxy) is 3. The molecule has 3 heterocycles. The molecule has 0 atom stereocenters. The van der Waals surface area contributed by atoms with Crippen LogP contribution in [-0.2, 0) is 16.1 Å². The van der Waals surface area contributed by atoms with Crippen molar-refractivity contribution in [2.45, 2.75) is 50.5 Å². The van der Waals surface area contributed by atoms with E-state index in [0.717, 1.165) is 12.8 Å². The number of nitrogens with zero attached hydrogens (tertiary/aromatic N) is 4. The maximum absolute atomic E-state index is 14.1. The molecule has 11 nitrogen and oxygen atoms in total. The van der Waals surface area contributed by atoms with E-state index in [1.54, 1.807) is 23.2 Å². The normalized spacial score (nSPS) is 18.9. The quantitative estimate of drug-likeness (QED) is 0.325. The number of aliphatic hydroxyl groups excluding tert-OH is 1. The summed E-state index contributed by atoms with van der Waals surface area (Å²) in [6.45, 7) is 4.81. The van der Waals surface area contributed by atoms with E-state index in [1.165, 1.54) is 24.9 Å². The molecule has 1 saturated heterocycles. The number of anilines is 1. The first-order valence-corrected chi connectivity index (χ1v) is 14.5. The maximum Gasteiger partial charge on any atom is 0.260 e. The first-order chi connectivity index (χ1) is 20.2. The Labute approximate surface area is 253 Å². The fourth-order valence-corrected chi connectivity index (χ4v) is 6.01. The molecule has 2 fully saturated rings. The number of hydrogen-bond acceptors (Lipinski definition) is 9. The van der Waals surface area contributed by atoms with Crippen molar-refractivity contribution in [3.63, 3.8) is 0 Å². The fraction of sp³-hybridized carbons (Fsp3) is 0.448. The molecule has 5 rings (SSSR count). The molecule has 2 aliphatic rings. The lowest BCUT2D eigenvalue weighted by atomic mass is 9.93. The number of likely N-dealkylation sites (tertiary alicyclic amines) is 1. The molecular weight excluding hydrogens is 585 g/mol. The van der Waals surface area contributed by atoms with E-state index in [-0.39, 0.29) is 64.0 Å². The molecule has 0 spiro atoms. The first kappa shape index (κ1) is 30.1. The molecule has 2 N–H and O–H groups in total. The molecule has 0 radical (unpaired) electrons. The lowest BCUT2D eigenvalue weighted by molar-refractivity contribution is -0.139. The van der Waals surface area contributed by atoms with Gasteiger partial charge in [0, 0.05) is 42.3 Å². The largest absolute Gasteiger partial charge is 0.495 e. The van der Waals surface area contributed by atoms with Crippen molar-refractivity contribution in [2.24, 2.45) is 0 Å². The number of methoxy groups -OCH3 is 2. The Morgan fingerprint density at radius 2 is 1.81 bits per heavy atom. The molecule has 1 saturated carbocycles. The molecule has 1 aromatic carbocycles. The number of rotatable bonds is 10. The topological polar surface area (TPSA) is 128 Å². The van der Waals surface area contributed by atoms with Gasteiger partial charge in [0.2, 0.25) is 11.9 Å². The van der Waals surface area contributed by atoms with Gasteiger partial charge < -0.3 is 29.5 Å². The predicted octanol–water partition coefficient (Wildman–Crippen LogP) is 3.91. The number of aliphatic hydroxyl groups is 1. The zero-order valence-electron chi connectivity index (χ0n) is 23.4. The molecule has 0 bridgehead atoms. The third-order valence-corrected chi connectivity index (χ3v) is 8.45. The summed E-state index contributed by atoms with van der Waals surface area (Å²) in [5.41, 5.74) is 0.538. The fourth-order valence-electron chi connectivity index (χ4n) is 5.30. The van der Waals surface area contributed by atoms with E-state index in [1.807, 2.05) is 0 Å². The minimum Gasteiger partial charge on any atom is -0.495 e. The number of hydrogen-bond donors (Lipinski definition) is 2. The number of aromatic nitrogens is 3. The predicted molar refractivity (Wildman–Crippen MR) is 161 cm³/mol. The zero-order valence-corrected chi connectivity index (χ0v) is 25.0. The molecule has 0 unspecified atom stereocenters. The van der Waals surface area contributed by atoms with Gasteiger partial charge in [-0.15, -0.1) is 0 Å². The van der Waals surface area contributed by atoms with Crippen LogP contribution in [-0.4, -0.2) is 82.6 Å². The van der Waals surface area contributed by atoms with Crippen LogP contribution in [0.4, 0.5) is 5.95 Å². The van der Waals surface area contributed by atoms with Gasteiger partial charge in [0.25, 0.3) is 5.56 Å². The standard InChI is InChI=1S/C29H33Cl2N5O6/c1-4-23(38)35-14-19(15-35)42-10-9-36-27-16(13-32-29(34-27)33-17-5-7-18(37)8-6-17)11-20(28(36)39)24-25(30)21(40-2)12-22(41-3)26(24)31/h4,11-13,17-19,37H,1,5-10,14-15H2,2-3H3,(H,32,33,34). The SMILES string of the molecule is C=CC(=O)N1CC(OCCn2c(=O)c(-c3c(Cl)c(OC)cc(OC)c3Cl)cc3cnc(NC4CCC(O)CC4)nc32)C1. The van der Waals surface area contributed by atoms with Crippen molar-refractivity contribution in [1.29, 1.82) is 0 Å². The number of fused-ring (bicyclic) bond motifs is 1. The Kier molecular flexibility index (Phi) is 9.22. The summed E-state index contributed by atoms with van der Waals surface area (Å²) in [6.07, 6.45) is 5.51. The van der Waals surface area contributed by atoms with Gasteiger partial charge in [-0.1, -0.05) is 29.8 Å². The van der Waals surface area contributed by atoms with Gasteiger partial charge in [-0.05, 0) is 37.8 Å². The van der Waals surface area contributed by atoms with Crippen molar-refractivity contribution in [2.75, 3.05) is 39.2 Å². The summed E-state index contributed by atoms with van der Waals surface area (Å²) in [4.78, 5) is 36.7. The molecule has 3 aromatic rings. The van der Waals surface area contributed by atoms with Crippen molar-refractivity contribution in [3.8, 4) is 22.6 Å². The number of amides is 1. The second kappa shape index (κ2) is 12.9. The highest BCUT2D eigenvalue weighted by atomic mass is 35.5. The summed E-state index contributed by atoms with van der Waals surface area (Å²) in [6, 6.07) is 3.34. The Morgan fingerprint density at radius 1 is 1.14 bits per heavy atom. The van der Waals surface area contributed by atoms with Crippen molar-refractivity contribution >= 4 is 46.1 Å². The Balaban J connectivity index is 1.52. The summed E-state index contributed by atoms with van der Waals surface area (Å²) in [7, 11) is 2.93. The van der Waals surface area contributed by atoms with Gasteiger partial charge in [0.15, 0.2) is 0 Å². The molecule has 13 heteroatoms. The third kappa shape index (κ3) is 6.05. The van der Waals surface area contributed by atoms with E-state index in [4.69, 9.17) is 42.4 Å². The molecule has 224 valence electrons. The van der Waals surface area contributed by atoms with E-state index in [9.17, 15) is 14.7 Å². The summed E-state index contributed by atoms with van der Waals surface area (Å²) in [5, 5.41) is 14.1. The number of carbonyl (C=O) groups is 1. The second-order valence-electron chi connectivity index (χ2n) is 10.4. The first-order valence-electron chi connectivity index (χ1n) is 13.7. The molecule has 42 heavy (non-hydrogen) atoms. The molecule has 1 aliphatic carbocycles. The van der Waals surface area contributed by atoms with Crippen LogP contribution in [0.25, 0.3) is 22.2 Å². The number of halogens is 2. The van der Waals surface area contributed by atoms with E-state index >= 15 is 0 Å². The smallest absolute Gasteiger partial charge is 0.260 e. The number of carbonyl (C=O) groups excluding carboxylic acids is 1. The second-order valence-corrected chi connectivity index (χ2v) is 11.1. The average molecular weight is 619 g/mol. The van der Waals surface area contributed by atoms with Crippen LogP contribution in [0.15, 0.2) is 35.8 Å². The molecule has 1 aliphatic heterocycles. The van der Waals surface area contributed by atoms with Gasteiger partial charge in [-0.2, -0.15) is 4.98 Å². The highest BCUT2D eigenvalue weighted by molar-refractivity contribution is 6.41. The number of nitrogens with one attached hydrogen (secondary N) is 1. The van der Waals surface area contributed by atoms with E-state index in [2.05, 4.69) is 16.9 Å². The highest BCUT2D eigenvalue weighted by Gasteiger charge is 2.30. The maximum atomic E-state index is 14.1. The van der Waals surface area contributed by atoms with Gasteiger partial charge in [0.05, 0.1) is 55.2 Å².